The Kier molecular flexibility index (Phi) is 4.31. The monoisotopic (exact) mass is 290 g/mol. The minimum absolute atomic E-state index is 0.0496. The van der Waals surface area contributed by atoms with Crippen LogP contribution in [0.3, 0.4) is 0 Å². The van der Waals surface area contributed by atoms with E-state index < -0.39 is 15.0 Å². The first-order valence-corrected chi connectivity index (χ1v) is 7.09. The lowest BCUT2D eigenvalue weighted by Gasteiger charge is -2.13. The van der Waals surface area contributed by atoms with E-state index in [1.165, 1.54) is 31.1 Å². The normalized spacial score (nSPS) is 10.8. The van der Waals surface area contributed by atoms with Gasteiger partial charge in [0.2, 0.25) is 6.41 Å². The molecule has 1 aromatic carbocycles. The summed E-state index contributed by atoms with van der Waals surface area (Å²) in [5.74, 6) is -0.494. The fraction of sp³-hybridized carbons (Fsp3) is 0.200. The summed E-state index contributed by atoms with van der Waals surface area (Å²) < 4.78 is 22.8. The summed E-state index contributed by atoms with van der Waals surface area (Å²) in [5.41, 5.74) is 0.186. The second-order valence-electron chi connectivity index (χ2n) is 3.61. The lowest BCUT2D eigenvalue weighted by molar-refractivity contribution is -0.105. The Morgan fingerprint density at radius 1 is 1.39 bits per heavy atom. The molecule has 0 radical (unpaired) electrons. The first-order chi connectivity index (χ1) is 8.27. The average molecular weight is 291 g/mol. The number of amides is 2. The molecule has 0 unspecified atom stereocenters. The first-order valence-electron chi connectivity index (χ1n) is 4.78. The molecule has 0 fully saturated rings. The van der Waals surface area contributed by atoms with Crippen molar-refractivity contribution in [3.05, 3.63) is 23.8 Å². The first kappa shape index (κ1) is 14.5. The quantitative estimate of drug-likeness (QED) is 0.659. The molecule has 1 N–H and O–H groups in total. The molecular weight excluding hydrogens is 280 g/mol. The maximum Gasteiger partial charge on any atom is 0.262 e. The van der Waals surface area contributed by atoms with E-state index in [1.807, 2.05) is 0 Å². The second kappa shape index (κ2) is 5.36. The number of hydrogen-bond acceptors (Lipinski definition) is 4. The predicted molar refractivity (Wildman–Crippen MR) is 67.2 cm³/mol. The molecule has 18 heavy (non-hydrogen) atoms. The molecule has 1 rings (SSSR count). The molecule has 0 atom stereocenters. The lowest BCUT2D eigenvalue weighted by Crippen LogP contribution is -2.23. The minimum atomic E-state index is -4.08. The van der Waals surface area contributed by atoms with E-state index in [1.54, 1.807) is 0 Å². The van der Waals surface area contributed by atoms with Gasteiger partial charge in [-0.25, -0.2) is 8.42 Å². The molecule has 0 aliphatic heterocycles. The van der Waals surface area contributed by atoms with Crippen molar-refractivity contribution in [3.8, 4) is 0 Å². The van der Waals surface area contributed by atoms with Gasteiger partial charge in [-0.15, -0.1) is 0 Å². The standard InChI is InChI=1S/C10H11ClN2O4S/c1-13(2)10(15)8-4-3-7(12-6-14)5-9(8)18(11,16)17/h3-6H,1-2H3,(H,12,14). The molecule has 0 saturated heterocycles. The molecule has 2 amide bonds. The van der Waals surface area contributed by atoms with E-state index in [2.05, 4.69) is 5.32 Å². The summed E-state index contributed by atoms with van der Waals surface area (Å²) in [6.45, 7) is 0. The van der Waals surface area contributed by atoms with Crippen LogP contribution in [0.4, 0.5) is 5.69 Å². The minimum Gasteiger partial charge on any atom is -0.345 e. The van der Waals surface area contributed by atoms with Gasteiger partial charge in [-0.2, -0.15) is 0 Å². The zero-order valence-electron chi connectivity index (χ0n) is 9.68. The Morgan fingerprint density at radius 3 is 2.44 bits per heavy atom. The fourth-order valence-corrected chi connectivity index (χ4v) is 2.37. The van der Waals surface area contributed by atoms with Crippen molar-refractivity contribution in [3.63, 3.8) is 0 Å². The molecule has 6 nitrogen and oxygen atoms in total. The summed E-state index contributed by atoms with van der Waals surface area (Å²) in [7, 11) is 4.17. The molecular formula is C10H11ClN2O4S. The number of hydrogen-bond donors (Lipinski definition) is 1. The van der Waals surface area contributed by atoms with Crippen LogP contribution in [-0.4, -0.2) is 39.7 Å². The van der Waals surface area contributed by atoms with Gasteiger partial charge in [0, 0.05) is 30.5 Å². The maximum atomic E-state index is 11.8. The van der Waals surface area contributed by atoms with Crippen molar-refractivity contribution < 1.29 is 18.0 Å². The SMILES string of the molecule is CN(C)C(=O)c1ccc(NC=O)cc1S(=O)(=O)Cl. The van der Waals surface area contributed by atoms with Gasteiger partial charge in [-0.05, 0) is 18.2 Å². The van der Waals surface area contributed by atoms with Gasteiger partial charge in [-0.3, -0.25) is 9.59 Å². The summed E-state index contributed by atoms with van der Waals surface area (Å²) in [4.78, 5) is 23.0. The Morgan fingerprint density at radius 2 is 2.00 bits per heavy atom. The van der Waals surface area contributed by atoms with Crippen molar-refractivity contribution in [2.45, 2.75) is 4.90 Å². The molecule has 98 valence electrons. The zero-order valence-corrected chi connectivity index (χ0v) is 11.2. The Labute approximate surface area is 109 Å². The number of anilines is 1. The third kappa shape index (κ3) is 3.21. The molecule has 0 aliphatic carbocycles. The van der Waals surface area contributed by atoms with E-state index in [-0.39, 0.29) is 16.1 Å². The fourth-order valence-electron chi connectivity index (χ4n) is 1.30. The van der Waals surface area contributed by atoms with Crippen molar-refractivity contribution in [2.24, 2.45) is 0 Å². The van der Waals surface area contributed by atoms with Crippen molar-refractivity contribution in [2.75, 3.05) is 19.4 Å². The topological polar surface area (TPSA) is 83.6 Å². The Bertz CT molecular complexity index is 584. The van der Waals surface area contributed by atoms with Gasteiger partial charge in [0.15, 0.2) is 0 Å². The van der Waals surface area contributed by atoms with E-state index in [9.17, 15) is 18.0 Å². The Balaban J connectivity index is 3.44. The number of nitrogens with zero attached hydrogens (tertiary/aromatic N) is 1. The van der Waals surface area contributed by atoms with E-state index in [0.717, 1.165) is 6.07 Å². The van der Waals surface area contributed by atoms with Gasteiger partial charge < -0.3 is 10.2 Å². The van der Waals surface area contributed by atoms with Crippen LogP contribution in [0.25, 0.3) is 0 Å². The highest BCUT2D eigenvalue weighted by atomic mass is 35.7. The van der Waals surface area contributed by atoms with E-state index in [0.29, 0.717) is 6.41 Å². The van der Waals surface area contributed by atoms with Crippen LogP contribution in [0.5, 0.6) is 0 Å². The number of halogens is 1. The maximum absolute atomic E-state index is 11.8. The predicted octanol–water partition coefficient (Wildman–Crippen LogP) is 0.884. The third-order valence-electron chi connectivity index (χ3n) is 2.11. The third-order valence-corrected chi connectivity index (χ3v) is 3.47. The van der Waals surface area contributed by atoms with Crippen LogP contribution in [0.1, 0.15) is 10.4 Å². The average Bonchev–Trinajstić information content (AvgIpc) is 2.27. The number of carbonyl (C=O) groups is 2. The van der Waals surface area contributed by atoms with Crippen LogP contribution in [0.2, 0.25) is 0 Å². The molecule has 0 aromatic heterocycles. The Hall–Kier alpha value is -1.60. The van der Waals surface area contributed by atoms with Gasteiger partial charge in [0.25, 0.3) is 15.0 Å². The van der Waals surface area contributed by atoms with Crippen LogP contribution in [0, 0.1) is 0 Å². The van der Waals surface area contributed by atoms with Gasteiger partial charge >= 0.3 is 0 Å². The molecule has 8 heteroatoms. The summed E-state index contributed by atoms with van der Waals surface area (Å²) >= 11 is 0. The van der Waals surface area contributed by atoms with Crippen LogP contribution < -0.4 is 5.32 Å². The number of benzene rings is 1. The molecule has 0 heterocycles. The van der Waals surface area contributed by atoms with Crippen molar-refractivity contribution in [1.29, 1.82) is 0 Å². The van der Waals surface area contributed by atoms with Gasteiger partial charge in [-0.1, -0.05) is 0 Å². The highest BCUT2D eigenvalue weighted by Crippen LogP contribution is 2.24. The molecule has 0 saturated carbocycles. The number of nitrogens with one attached hydrogen (secondary N) is 1. The number of rotatable bonds is 4. The van der Waals surface area contributed by atoms with Gasteiger partial charge in [0.05, 0.1) is 10.5 Å². The second-order valence-corrected chi connectivity index (χ2v) is 6.14. The van der Waals surface area contributed by atoms with Crippen molar-refractivity contribution >= 4 is 37.7 Å². The van der Waals surface area contributed by atoms with Crippen LogP contribution >= 0.6 is 10.7 Å². The van der Waals surface area contributed by atoms with Crippen molar-refractivity contribution in [1.82, 2.24) is 4.90 Å². The van der Waals surface area contributed by atoms with Crippen LogP contribution in [0.15, 0.2) is 23.1 Å². The van der Waals surface area contributed by atoms with E-state index >= 15 is 0 Å². The zero-order chi connectivity index (χ0) is 13.9. The molecule has 1 aromatic rings. The molecule has 0 bridgehead atoms. The van der Waals surface area contributed by atoms with Crippen LogP contribution in [-0.2, 0) is 13.8 Å². The molecule has 0 spiro atoms. The summed E-state index contributed by atoms with van der Waals surface area (Å²) in [5, 5.41) is 2.29. The van der Waals surface area contributed by atoms with E-state index in [4.69, 9.17) is 10.7 Å². The molecule has 0 aliphatic rings. The lowest BCUT2D eigenvalue weighted by atomic mass is 10.2. The largest absolute Gasteiger partial charge is 0.345 e. The summed E-state index contributed by atoms with van der Waals surface area (Å²) in [6.07, 6.45) is 0.396. The highest BCUT2D eigenvalue weighted by Gasteiger charge is 2.22. The summed E-state index contributed by atoms with van der Waals surface area (Å²) in [6, 6.07) is 3.84. The highest BCUT2D eigenvalue weighted by molar-refractivity contribution is 8.13. The number of carbonyl (C=O) groups excluding carboxylic acids is 2. The smallest absolute Gasteiger partial charge is 0.262 e. The van der Waals surface area contributed by atoms with Gasteiger partial charge in [0.1, 0.15) is 0 Å².